The number of hydrogen-bond acceptors (Lipinski definition) is 2. The van der Waals surface area contributed by atoms with Crippen molar-refractivity contribution in [2.75, 3.05) is 6.54 Å². The summed E-state index contributed by atoms with van der Waals surface area (Å²) in [6.45, 7) is 4.97. The molecule has 0 radical (unpaired) electrons. The first kappa shape index (κ1) is 14.5. The fraction of sp³-hybridized carbons (Fsp3) is 0.412. The number of fused-ring (bicyclic) bond motifs is 1. The van der Waals surface area contributed by atoms with Gasteiger partial charge in [-0.1, -0.05) is 31.0 Å². The van der Waals surface area contributed by atoms with Gasteiger partial charge in [-0.25, -0.2) is 0 Å². The number of amides is 1. The van der Waals surface area contributed by atoms with Crippen molar-refractivity contribution < 1.29 is 4.79 Å². The third-order valence-electron chi connectivity index (χ3n) is 3.36. The molecule has 0 fully saturated rings. The van der Waals surface area contributed by atoms with E-state index in [1.54, 1.807) is 0 Å². The van der Waals surface area contributed by atoms with Gasteiger partial charge in [0.05, 0.1) is 5.52 Å². The highest BCUT2D eigenvalue weighted by molar-refractivity contribution is 5.79. The molecule has 3 nitrogen and oxygen atoms in total. The first-order chi connectivity index (χ1) is 9.69. The number of benzene rings is 1. The molecule has 1 amide bonds. The van der Waals surface area contributed by atoms with Crippen LogP contribution in [0.15, 0.2) is 30.3 Å². The van der Waals surface area contributed by atoms with Crippen molar-refractivity contribution in [3.05, 3.63) is 41.6 Å². The van der Waals surface area contributed by atoms with Crippen molar-refractivity contribution in [2.24, 2.45) is 0 Å². The summed E-state index contributed by atoms with van der Waals surface area (Å²) in [6, 6.07) is 10.3. The highest BCUT2D eigenvalue weighted by atomic mass is 16.1. The number of hydrogen-bond donors (Lipinski definition) is 1. The van der Waals surface area contributed by atoms with E-state index in [-0.39, 0.29) is 5.91 Å². The van der Waals surface area contributed by atoms with Crippen LogP contribution in [0.3, 0.4) is 0 Å². The summed E-state index contributed by atoms with van der Waals surface area (Å²) < 4.78 is 0. The molecular weight excluding hydrogens is 248 g/mol. The Morgan fingerprint density at radius 3 is 2.90 bits per heavy atom. The molecule has 0 saturated carbocycles. The van der Waals surface area contributed by atoms with Gasteiger partial charge in [-0.05, 0) is 38.0 Å². The summed E-state index contributed by atoms with van der Waals surface area (Å²) in [5.74, 6) is 0.115. The van der Waals surface area contributed by atoms with E-state index in [0.717, 1.165) is 36.0 Å². The summed E-state index contributed by atoms with van der Waals surface area (Å²) in [5.41, 5.74) is 3.22. The van der Waals surface area contributed by atoms with E-state index in [1.165, 1.54) is 5.56 Å². The van der Waals surface area contributed by atoms with Gasteiger partial charge in [-0.3, -0.25) is 9.78 Å². The SMILES string of the molecule is CCCCNC(=O)CCc1ccc2cc(C)ccc2n1. The van der Waals surface area contributed by atoms with Crippen molar-refractivity contribution in [1.29, 1.82) is 0 Å². The predicted octanol–water partition coefficient (Wildman–Crippen LogP) is 3.39. The van der Waals surface area contributed by atoms with E-state index >= 15 is 0 Å². The van der Waals surface area contributed by atoms with Gasteiger partial charge in [-0.15, -0.1) is 0 Å². The Morgan fingerprint density at radius 1 is 1.25 bits per heavy atom. The van der Waals surface area contributed by atoms with Crippen LogP contribution in [0, 0.1) is 6.92 Å². The number of carbonyl (C=O) groups excluding carboxylic acids is 1. The number of carbonyl (C=O) groups is 1. The molecule has 0 bridgehead atoms. The van der Waals surface area contributed by atoms with Gasteiger partial charge >= 0.3 is 0 Å². The van der Waals surface area contributed by atoms with Gasteiger partial charge in [-0.2, -0.15) is 0 Å². The van der Waals surface area contributed by atoms with Crippen LogP contribution in [0.25, 0.3) is 10.9 Å². The molecule has 0 unspecified atom stereocenters. The van der Waals surface area contributed by atoms with Gasteiger partial charge in [0.15, 0.2) is 0 Å². The van der Waals surface area contributed by atoms with Crippen LogP contribution in [0.2, 0.25) is 0 Å². The van der Waals surface area contributed by atoms with E-state index in [4.69, 9.17) is 0 Å². The van der Waals surface area contributed by atoms with E-state index in [0.29, 0.717) is 12.8 Å². The first-order valence-electron chi connectivity index (χ1n) is 7.32. The van der Waals surface area contributed by atoms with E-state index < -0.39 is 0 Å². The summed E-state index contributed by atoms with van der Waals surface area (Å²) >= 11 is 0. The topological polar surface area (TPSA) is 42.0 Å². The average Bonchev–Trinajstić information content (AvgIpc) is 2.45. The summed E-state index contributed by atoms with van der Waals surface area (Å²) in [5, 5.41) is 4.09. The summed E-state index contributed by atoms with van der Waals surface area (Å²) in [4.78, 5) is 16.3. The summed E-state index contributed by atoms with van der Waals surface area (Å²) in [6.07, 6.45) is 3.35. The number of aromatic nitrogens is 1. The van der Waals surface area contributed by atoms with Gasteiger partial charge in [0.2, 0.25) is 5.91 Å². The lowest BCUT2D eigenvalue weighted by Crippen LogP contribution is -2.24. The fourth-order valence-corrected chi connectivity index (χ4v) is 2.16. The number of unbranched alkanes of at least 4 members (excludes halogenated alkanes) is 1. The molecule has 0 aliphatic rings. The van der Waals surface area contributed by atoms with Gasteiger partial charge in [0.25, 0.3) is 0 Å². The maximum Gasteiger partial charge on any atom is 0.220 e. The standard InChI is InChI=1S/C17H22N2O/c1-3-4-11-18-17(20)10-8-15-7-6-14-12-13(2)5-9-16(14)19-15/h5-7,9,12H,3-4,8,10-11H2,1-2H3,(H,18,20). The van der Waals surface area contributed by atoms with Crippen LogP contribution in [-0.4, -0.2) is 17.4 Å². The van der Waals surface area contributed by atoms with Crippen molar-refractivity contribution in [1.82, 2.24) is 10.3 Å². The molecule has 2 rings (SSSR count). The molecule has 0 aliphatic carbocycles. The Kier molecular flexibility index (Phi) is 5.10. The normalized spacial score (nSPS) is 10.7. The number of pyridine rings is 1. The van der Waals surface area contributed by atoms with Gasteiger partial charge < -0.3 is 5.32 Å². The zero-order valence-electron chi connectivity index (χ0n) is 12.3. The van der Waals surface area contributed by atoms with Crippen LogP contribution < -0.4 is 5.32 Å². The van der Waals surface area contributed by atoms with Gasteiger partial charge in [0, 0.05) is 24.0 Å². The second-order valence-corrected chi connectivity index (χ2v) is 5.20. The monoisotopic (exact) mass is 270 g/mol. The molecule has 1 heterocycles. The Bertz CT molecular complexity index is 593. The zero-order chi connectivity index (χ0) is 14.4. The van der Waals surface area contributed by atoms with Gasteiger partial charge in [0.1, 0.15) is 0 Å². The minimum atomic E-state index is 0.115. The van der Waals surface area contributed by atoms with E-state index in [9.17, 15) is 4.79 Å². The minimum absolute atomic E-state index is 0.115. The first-order valence-corrected chi connectivity index (χ1v) is 7.32. The zero-order valence-corrected chi connectivity index (χ0v) is 12.3. The van der Waals surface area contributed by atoms with E-state index in [1.807, 2.05) is 12.1 Å². The van der Waals surface area contributed by atoms with Crippen molar-refractivity contribution in [3.63, 3.8) is 0 Å². The van der Waals surface area contributed by atoms with Crippen molar-refractivity contribution >= 4 is 16.8 Å². The lowest BCUT2D eigenvalue weighted by atomic mass is 10.1. The van der Waals surface area contributed by atoms with Crippen molar-refractivity contribution in [2.45, 2.75) is 39.5 Å². The average molecular weight is 270 g/mol. The van der Waals surface area contributed by atoms with E-state index in [2.05, 4.69) is 42.3 Å². The molecule has 20 heavy (non-hydrogen) atoms. The fourth-order valence-electron chi connectivity index (χ4n) is 2.16. The van der Waals surface area contributed by atoms with Crippen LogP contribution in [0.4, 0.5) is 0 Å². The molecule has 0 aliphatic heterocycles. The molecule has 106 valence electrons. The maximum atomic E-state index is 11.7. The third-order valence-corrected chi connectivity index (χ3v) is 3.36. The number of aryl methyl sites for hydroxylation is 2. The lowest BCUT2D eigenvalue weighted by Gasteiger charge is -2.05. The second-order valence-electron chi connectivity index (χ2n) is 5.20. The molecule has 0 saturated heterocycles. The molecule has 0 atom stereocenters. The van der Waals surface area contributed by atoms with Crippen LogP contribution in [0.1, 0.15) is 37.4 Å². The largest absolute Gasteiger partial charge is 0.356 e. The quantitative estimate of drug-likeness (QED) is 0.817. The Labute approximate surface area is 120 Å². The molecule has 1 aromatic carbocycles. The molecule has 1 aromatic heterocycles. The predicted molar refractivity (Wildman–Crippen MR) is 82.7 cm³/mol. The Balaban J connectivity index is 1.93. The third kappa shape index (κ3) is 4.05. The molecular formula is C17H22N2O. The number of nitrogens with zero attached hydrogens (tertiary/aromatic N) is 1. The molecule has 0 spiro atoms. The molecule has 3 heteroatoms. The highest BCUT2D eigenvalue weighted by Gasteiger charge is 2.03. The van der Waals surface area contributed by atoms with Crippen LogP contribution in [0.5, 0.6) is 0 Å². The second kappa shape index (κ2) is 7.04. The van der Waals surface area contributed by atoms with Crippen LogP contribution in [-0.2, 0) is 11.2 Å². The number of rotatable bonds is 6. The van der Waals surface area contributed by atoms with Crippen LogP contribution >= 0.6 is 0 Å². The minimum Gasteiger partial charge on any atom is -0.356 e. The molecule has 2 aromatic rings. The molecule has 1 N–H and O–H groups in total. The smallest absolute Gasteiger partial charge is 0.220 e. The maximum absolute atomic E-state index is 11.7. The summed E-state index contributed by atoms with van der Waals surface area (Å²) in [7, 11) is 0. The van der Waals surface area contributed by atoms with Crippen molar-refractivity contribution in [3.8, 4) is 0 Å². The lowest BCUT2D eigenvalue weighted by molar-refractivity contribution is -0.121. The highest BCUT2D eigenvalue weighted by Crippen LogP contribution is 2.15. The Hall–Kier alpha value is -1.90. The number of nitrogens with one attached hydrogen (secondary N) is 1. The Morgan fingerprint density at radius 2 is 2.10 bits per heavy atom.